The van der Waals surface area contributed by atoms with Gasteiger partial charge in [0.05, 0.1) is 12.6 Å². The number of nitrogens with one attached hydrogen (secondary N) is 1. The molecule has 0 aromatic heterocycles. The lowest BCUT2D eigenvalue weighted by Crippen LogP contribution is -2.43. The van der Waals surface area contributed by atoms with Crippen molar-refractivity contribution in [3.63, 3.8) is 0 Å². The molecule has 2 rings (SSSR count). The van der Waals surface area contributed by atoms with Crippen LogP contribution in [0.25, 0.3) is 0 Å². The van der Waals surface area contributed by atoms with Gasteiger partial charge in [-0.25, -0.2) is 0 Å². The number of amides is 1. The normalized spacial score (nSPS) is 19.2. The van der Waals surface area contributed by atoms with E-state index in [1.165, 1.54) is 11.1 Å². The lowest BCUT2D eigenvalue weighted by atomic mass is 9.83. The summed E-state index contributed by atoms with van der Waals surface area (Å²) in [6, 6.07) is 8.41. The fourth-order valence-electron chi connectivity index (χ4n) is 2.84. The minimum atomic E-state index is 0.0228. The van der Waals surface area contributed by atoms with E-state index in [1.807, 2.05) is 6.07 Å². The summed E-state index contributed by atoms with van der Waals surface area (Å²) >= 11 is 0. The van der Waals surface area contributed by atoms with Gasteiger partial charge in [0.15, 0.2) is 0 Å². The fourth-order valence-corrected chi connectivity index (χ4v) is 2.84. The molecule has 2 atom stereocenters. The number of nitrogens with two attached hydrogens (primary N) is 1. The van der Waals surface area contributed by atoms with Gasteiger partial charge >= 0.3 is 0 Å². The van der Waals surface area contributed by atoms with Crippen LogP contribution >= 0.6 is 0 Å². The van der Waals surface area contributed by atoms with E-state index in [1.54, 1.807) is 7.11 Å². The van der Waals surface area contributed by atoms with Crippen molar-refractivity contribution in [1.82, 2.24) is 5.32 Å². The number of benzene rings is 1. The molecule has 1 aliphatic rings. The van der Waals surface area contributed by atoms with E-state index in [2.05, 4.69) is 23.5 Å². The van der Waals surface area contributed by atoms with Gasteiger partial charge in [-0.05, 0) is 43.4 Å². The molecule has 0 bridgehead atoms. The second-order valence-electron chi connectivity index (χ2n) is 5.45. The average Bonchev–Trinajstić information content (AvgIpc) is 2.47. The summed E-state index contributed by atoms with van der Waals surface area (Å²) in [6.07, 6.45) is 3.50. The molecule has 3 N–H and O–H groups in total. The summed E-state index contributed by atoms with van der Waals surface area (Å²) in [5.41, 5.74) is 8.26. The fraction of sp³-hybridized carbons (Fsp3) is 0.562. The topological polar surface area (TPSA) is 64.3 Å². The molecule has 0 saturated heterocycles. The molecule has 0 saturated carbocycles. The highest BCUT2D eigenvalue weighted by atomic mass is 16.5. The summed E-state index contributed by atoms with van der Waals surface area (Å²) in [4.78, 5) is 12.4. The number of rotatable bonds is 6. The Labute approximate surface area is 120 Å². The molecule has 1 aliphatic carbocycles. The van der Waals surface area contributed by atoms with Crippen molar-refractivity contribution in [1.29, 1.82) is 0 Å². The molecule has 1 amide bonds. The molecule has 0 spiro atoms. The largest absolute Gasteiger partial charge is 0.383 e. The smallest absolute Gasteiger partial charge is 0.223 e. The van der Waals surface area contributed by atoms with Crippen LogP contribution in [0.3, 0.4) is 0 Å². The third-order valence-corrected chi connectivity index (χ3v) is 3.95. The first-order valence-corrected chi connectivity index (χ1v) is 7.30. The van der Waals surface area contributed by atoms with E-state index in [0.717, 1.165) is 25.7 Å². The predicted molar refractivity (Wildman–Crippen MR) is 79.4 cm³/mol. The number of hydrogen-bond donors (Lipinski definition) is 2. The van der Waals surface area contributed by atoms with Crippen molar-refractivity contribution in [3.8, 4) is 0 Å². The molecule has 0 aliphatic heterocycles. The number of hydrogen-bond acceptors (Lipinski definition) is 3. The third kappa shape index (κ3) is 3.81. The lowest BCUT2D eigenvalue weighted by molar-refractivity contribution is -0.126. The molecule has 4 nitrogen and oxygen atoms in total. The van der Waals surface area contributed by atoms with Gasteiger partial charge in [0.2, 0.25) is 5.91 Å². The van der Waals surface area contributed by atoms with Crippen LogP contribution in [0.4, 0.5) is 0 Å². The molecule has 20 heavy (non-hydrogen) atoms. The number of carbonyl (C=O) groups excluding carboxylic acids is 1. The van der Waals surface area contributed by atoms with Crippen LogP contribution in [-0.4, -0.2) is 32.2 Å². The Morgan fingerprint density at radius 1 is 1.45 bits per heavy atom. The van der Waals surface area contributed by atoms with Crippen molar-refractivity contribution in [2.45, 2.75) is 31.7 Å². The molecule has 2 unspecified atom stereocenters. The van der Waals surface area contributed by atoms with Crippen molar-refractivity contribution in [2.75, 3.05) is 20.3 Å². The van der Waals surface area contributed by atoms with Gasteiger partial charge in [0, 0.05) is 13.0 Å². The number of aryl methyl sites for hydroxylation is 1. The number of ether oxygens (including phenoxy) is 1. The van der Waals surface area contributed by atoms with Crippen LogP contribution in [-0.2, 0) is 22.4 Å². The summed E-state index contributed by atoms with van der Waals surface area (Å²) in [7, 11) is 1.65. The van der Waals surface area contributed by atoms with Gasteiger partial charge in [0.1, 0.15) is 0 Å². The Kier molecular flexibility index (Phi) is 5.56. The van der Waals surface area contributed by atoms with Crippen LogP contribution in [0.15, 0.2) is 24.3 Å². The molecule has 4 heteroatoms. The van der Waals surface area contributed by atoms with Crippen LogP contribution in [0, 0.1) is 5.92 Å². The first-order valence-electron chi connectivity index (χ1n) is 7.30. The van der Waals surface area contributed by atoms with E-state index in [0.29, 0.717) is 13.2 Å². The Bertz CT molecular complexity index is 442. The summed E-state index contributed by atoms with van der Waals surface area (Å²) in [5.74, 6) is 0.206. The summed E-state index contributed by atoms with van der Waals surface area (Å²) in [6.45, 7) is 1.08. The van der Waals surface area contributed by atoms with Gasteiger partial charge in [-0.15, -0.1) is 0 Å². The van der Waals surface area contributed by atoms with Crippen molar-refractivity contribution < 1.29 is 9.53 Å². The standard InChI is InChI=1S/C16H24N2O2/c1-20-11-15(8-9-17)18-16(19)14-7-6-12-4-2-3-5-13(12)10-14/h2-5,14-15H,6-11,17H2,1H3,(H,18,19). The number of carbonyl (C=O) groups is 1. The third-order valence-electron chi connectivity index (χ3n) is 3.95. The van der Waals surface area contributed by atoms with Crippen LogP contribution in [0.1, 0.15) is 24.0 Å². The van der Waals surface area contributed by atoms with Crippen molar-refractivity contribution in [3.05, 3.63) is 35.4 Å². The Morgan fingerprint density at radius 2 is 2.20 bits per heavy atom. The molecule has 110 valence electrons. The number of methoxy groups -OCH3 is 1. The summed E-state index contributed by atoms with van der Waals surface area (Å²) < 4.78 is 5.13. The van der Waals surface area contributed by atoms with Gasteiger partial charge in [-0.1, -0.05) is 24.3 Å². The van der Waals surface area contributed by atoms with E-state index in [4.69, 9.17) is 10.5 Å². The highest BCUT2D eigenvalue weighted by molar-refractivity contribution is 5.79. The first kappa shape index (κ1) is 15.0. The average molecular weight is 276 g/mol. The number of fused-ring (bicyclic) bond motifs is 1. The quantitative estimate of drug-likeness (QED) is 0.822. The summed E-state index contributed by atoms with van der Waals surface area (Å²) in [5, 5.41) is 3.08. The zero-order valence-corrected chi connectivity index (χ0v) is 12.1. The zero-order chi connectivity index (χ0) is 14.4. The van der Waals surface area contributed by atoms with Crippen molar-refractivity contribution in [2.24, 2.45) is 11.7 Å². The zero-order valence-electron chi connectivity index (χ0n) is 12.1. The second kappa shape index (κ2) is 7.41. The van der Waals surface area contributed by atoms with E-state index < -0.39 is 0 Å². The Hall–Kier alpha value is -1.39. The molecule has 1 aromatic carbocycles. The van der Waals surface area contributed by atoms with Crippen LogP contribution in [0.2, 0.25) is 0 Å². The molecule has 1 aromatic rings. The van der Waals surface area contributed by atoms with Gasteiger partial charge < -0.3 is 15.8 Å². The molecular weight excluding hydrogens is 252 g/mol. The van der Waals surface area contributed by atoms with E-state index >= 15 is 0 Å². The van der Waals surface area contributed by atoms with Gasteiger partial charge in [-0.2, -0.15) is 0 Å². The van der Waals surface area contributed by atoms with E-state index in [-0.39, 0.29) is 17.9 Å². The highest BCUT2D eigenvalue weighted by Crippen LogP contribution is 2.25. The lowest BCUT2D eigenvalue weighted by Gasteiger charge is -2.26. The first-order chi connectivity index (χ1) is 9.74. The Balaban J connectivity index is 1.93. The van der Waals surface area contributed by atoms with Crippen LogP contribution in [0.5, 0.6) is 0 Å². The predicted octanol–water partition coefficient (Wildman–Crippen LogP) is 1.27. The van der Waals surface area contributed by atoms with Gasteiger partial charge in [-0.3, -0.25) is 4.79 Å². The highest BCUT2D eigenvalue weighted by Gasteiger charge is 2.25. The van der Waals surface area contributed by atoms with Gasteiger partial charge in [0.25, 0.3) is 0 Å². The van der Waals surface area contributed by atoms with Crippen molar-refractivity contribution >= 4 is 5.91 Å². The molecule has 0 heterocycles. The maximum Gasteiger partial charge on any atom is 0.223 e. The molecular formula is C16H24N2O2. The molecule has 0 fully saturated rings. The van der Waals surface area contributed by atoms with Crippen LogP contribution < -0.4 is 11.1 Å². The SMILES string of the molecule is COCC(CCN)NC(=O)C1CCc2ccccc2C1. The maximum atomic E-state index is 12.4. The van der Waals surface area contributed by atoms with E-state index in [9.17, 15) is 4.79 Å². The molecule has 0 radical (unpaired) electrons. The minimum absolute atomic E-state index is 0.0228. The second-order valence-corrected chi connectivity index (χ2v) is 5.45. The monoisotopic (exact) mass is 276 g/mol. The Morgan fingerprint density at radius 3 is 2.90 bits per heavy atom. The minimum Gasteiger partial charge on any atom is -0.383 e. The maximum absolute atomic E-state index is 12.4.